The number of pyridine rings is 1. The maximum absolute atomic E-state index is 6.75. The Kier molecular flexibility index (Phi) is 3.68. The van der Waals surface area contributed by atoms with E-state index in [-0.39, 0.29) is 11.5 Å². The molecule has 2 aromatic rings. The highest BCUT2D eigenvalue weighted by Gasteiger charge is 2.42. The fraction of sp³-hybridized carbons (Fsp3) is 0.389. The van der Waals surface area contributed by atoms with Crippen LogP contribution >= 0.6 is 0 Å². The van der Waals surface area contributed by atoms with E-state index >= 15 is 0 Å². The Bertz CT molecular complexity index is 595. The Balaban J connectivity index is 2.10. The Hall–Kier alpha value is -1.87. The van der Waals surface area contributed by atoms with Crippen LogP contribution in [0.2, 0.25) is 0 Å². The van der Waals surface area contributed by atoms with Gasteiger partial charge in [0.1, 0.15) is 5.82 Å². The molecule has 0 saturated heterocycles. The monoisotopic (exact) mass is 281 g/mol. The van der Waals surface area contributed by atoms with Crippen molar-refractivity contribution in [3.63, 3.8) is 0 Å². The zero-order valence-corrected chi connectivity index (χ0v) is 12.5. The number of nitrogens with two attached hydrogens (primary N) is 2. The van der Waals surface area contributed by atoms with Gasteiger partial charge < -0.3 is 11.5 Å². The summed E-state index contributed by atoms with van der Waals surface area (Å²) in [6.45, 7) is 2.07. The van der Waals surface area contributed by atoms with Crippen LogP contribution in [0.15, 0.2) is 42.6 Å². The molecule has 1 saturated carbocycles. The second-order valence-electron chi connectivity index (χ2n) is 6.13. The molecule has 4 N–H and O–H groups in total. The van der Waals surface area contributed by atoms with Crippen LogP contribution in [0.1, 0.15) is 48.4 Å². The van der Waals surface area contributed by atoms with Gasteiger partial charge >= 0.3 is 0 Å². The van der Waals surface area contributed by atoms with Gasteiger partial charge in [-0.2, -0.15) is 0 Å². The van der Waals surface area contributed by atoms with E-state index in [0.717, 1.165) is 24.0 Å². The van der Waals surface area contributed by atoms with E-state index in [1.54, 1.807) is 6.20 Å². The Morgan fingerprint density at radius 2 is 1.76 bits per heavy atom. The molecule has 110 valence electrons. The number of aryl methyl sites for hydroxylation is 1. The fourth-order valence-corrected chi connectivity index (χ4v) is 3.83. The standard InChI is InChI=1S/C18H23N3/c1-13-9-12-21-17(20)15(13)16(19)18(10-5-6-11-18)14-7-3-2-4-8-14/h2-4,7-9,12,16H,5-6,10-11,19H2,1H3,(H2,20,21). The molecule has 1 atom stereocenters. The second-order valence-corrected chi connectivity index (χ2v) is 6.13. The molecule has 1 unspecified atom stereocenters. The molecule has 21 heavy (non-hydrogen) atoms. The topological polar surface area (TPSA) is 64.9 Å². The minimum Gasteiger partial charge on any atom is -0.383 e. The van der Waals surface area contributed by atoms with Crippen molar-refractivity contribution in [3.05, 3.63) is 59.3 Å². The zero-order valence-electron chi connectivity index (χ0n) is 12.5. The highest BCUT2D eigenvalue weighted by molar-refractivity contribution is 5.49. The van der Waals surface area contributed by atoms with Crippen LogP contribution in [0, 0.1) is 6.92 Å². The predicted molar refractivity (Wildman–Crippen MR) is 86.9 cm³/mol. The van der Waals surface area contributed by atoms with Gasteiger partial charge in [0, 0.05) is 23.2 Å². The zero-order chi connectivity index (χ0) is 14.9. The first-order valence-corrected chi connectivity index (χ1v) is 7.67. The lowest BCUT2D eigenvalue weighted by Crippen LogP contribution is -2.37. The number of rotatable bonds is 3. The Morgan fingerprint density at radius 3 is 2.38 bits per heavy atom. The molecule has 1 aromatic carbocycles. The number of nitrogens with zero attached hydrogens (tertiary/aromatic N) is 1. The Morgan fingerprint density at radius 1 is 1.10 bits per heavy atom. The number of aromatic nitrogens is 1. The van der Waals surface area contributed by atoms with Crippen LogP contribution in [0.25, 0.3) is 0 Å². The van der Waals surface area contributed by atoms with E-state index in [0.29, 0.717) is 5.82 Å². The quantitative estimate of drug-likeness (QED) is 0.905. The molecular formula is C18H23N3. The van der Waals surface area contributed by atoms with E-state index in [1.807, 2.05) is 6.07 Å². The van der Waals surface area contributed by atoms with Crippen LogP contribution in [-0.2, 0) is 5.41 Å². The van der Waals surface area contributed by atoms with Gasteiger partial charge in [-0.25, -0.2) is 4.98 Å². The molecular weight excluding hydrogens is 258 g/mol. The summed E-state index contributed by atoms with van der Waals surface area (Å²) in [5, 5.41) is 0. The molecule has 3 rings (SSSR count). The molecule has 0 bridgehead atoms. The lowest BCUT2D eigenvalue weighted by molar-refractivity contribution is 0.356. The van der Waals surface area contributed by atoms with Crippen LogP contribution in [0.5, 0.6) is 0 Å². The summed E-state index contributed by atoms with van der Waals surface area (Å²) < 4.78 is 0. The third kappa shape index (κ3) is 2.32. The summed E-state index contributed by atoms with van der Waals surface area (Å²) in [7, 11) is 0. The predicted octanol–water partition coefficient (Wildman–Crippen LogP) is 3.48. The summed E-state index contributed by atoms with van der Waals surface area (Å²) in [5.41, 5.74) is 16.4. The van der Waals surface area contributed by atoms with Crippen LogP contribution < -0.4 is 11.5 Å². The number of anilines is 1. The number of nitrogen functional groups attached to an aromatic ring is 1. The average Bonchev–Trinajstić information content (AvgIpc) is 2.98. The first kappa shape index (κ1) is 14.1. The van der Waals surface area contributed by atoms with Gasteiger partial charge in [-0.1, -0.05) is 43.2 Å². The molecule has 0 aliphatic heterocycles. The Labute approximate surface area is 126 Å². The van der Waals surface area contributed by atoms with Crippen molar-refractivity contribution < 1.29 is 0 Å². The van der Waals surface area contributed by atoms with Gasteiger partial charge in [-0.15, -0.1) is 0 Å². The number of benzene rings is 1. The summed E-state index contributed by atoms with van der Waals surface area (Å²) in [6, 6.07) is 12.6. The molecule has 0 spiro atoms. The summed E-state index contributed by atoms with van der Waals surface area (Å²) in [4.78, 5) is 4.25. The van der Waals surface area contributed by atoms with Gasteiger partial charge in [-0.05, 0) is 37.0 Å². The minimum absolute atomic E-state index is 0.0107. The van der Waals surface area contributed by atoms with Crippen molar-refractivity contribution in [1.29, 1.82) is 0 Å². The van der Waals surface area contributed by atoms with E-state index in [4.69, 9.17) is 11.5 Å². The van der Waals surface area contributed by atoms with E-state index in [9.17, 15) is 0 Å². The lowest BCUT2D eigenvalue weighted by Gasteiger charge is -2.37. The normalized spacial score (nSPS) is 18.6. The molecule has 1 heterocycles. The van der Waals surface area contributed by atoms with Crippen LogP contribution in [-0.4, -0.2) is 4.98 Å². The van der Waals surface area contributed by atoms with Crippen molar-refractivity contribution >= 4 is 5.82 Å². The van der Waals surface area contributed by atoms with Gasteiger partial charge in [0.2, 0.25) is 0 Å². The first-order chi connectivity index (χ1) is 10.1. The van der Waals surface area contributed by atoms with Gasteiger partial charge in [0.05, 0.1) is 0 Å². The SMILES string of the molecule is Cc1ccnc(N)c1C(N)C1(c2ccccc2)CCCC1. The summed E-state index contributed by atoms with van der Waals surface area (Å²) >= 11 is 0. The van der Waals surface area contributed by atoms with E-state index in [1.165, 1.54) is 18.4 Å². The van der Waals surface area contributed by atoms with Crippen molar-refractivity contribution in [3.8, 4) is 0 Å². The maximum atomic E-state index is 6.75. The van der Waals surface area contributed by atoms with Gasteiger partial charge in [0.25, 0.3) is 0 Å². The lowest BCUT2D eigenvalue weighted by atomic mass is 9.70. The molecule has 3 nitrogen and oxygen atoms in total. The molecule has 0 amide bonds. The largest absolute Gasteiger partial charge is 0.383 e. The molecule has 1 aliphatic carbocycles. The van der Waals surface area contributed by atoms with Gasteiger partial charge in [0.15, 0.2) is 0 Å². The van der Waals surface area contributed by atoms with E-state index in [2.05, 4.69) is 42.2 Å². The smallest absolute Gasteiger partial charge is 0.128 e. The van der Waals surface area contributed by atoms with Crippen LogP contribution in [0.4, 0.5) is 5.82 Å². The third-order valence-electron chi connectivity index (χ3n) is 4.99. The molecule has 1 fully saturated rings. The highest BCUT2D eigenvalue weighted by Crippen LogP contribution is 2.49. The third-order valence-corrected chi connectivity index (χ3v) is 4.99. The molecule has 1 aliphatic rings. The number of hydrogen-bond acceptors (Lipinski definition) is 3. The average molecular weight is 281 g/mol. The fourth-order valence-electron chi connectivity index (χ4n) is 3.83. The van der Waals surface area contributed by atoms with Gasteiger partial charge in [-0.3, -0.25) is 0 Å². The number of hydrogen-bond donors (Lipinski definition) is 2. The van der Waals surface area contributed by atoms with Crippen LogP contribution in [0.3, 0.4) is 0 Å². The molecule has 0 radical (unpaired) electrons. The minimum atomic E-state index is -0.101. The van der Waals surface area contributed by atoms with Crippen molar-refractivity contribution in [2.45, 2.75) is 44.1 Å². The van der Waals surface area contributed by atoms with Crippen molar-refractivity contribution in [2.24, 2.45) is 5.73 Å². The van der Waals surface area contributed by atoms with Crippen molar-refractivity contribution in [1.82, 2.24) is 4.98 Å². The van der Waals surface area contributed by atoms with Crippen molar-refractivity contribution in [2.75, 3.05) is 5.73 Å². The first-order valence-electron chi connectivity index (χ1n) is 7.67. The molecule has 3 heteroatoms. The molecule has 1 aromatic heterocycles. The highest BCUT2D eigenvalue weighted by atomic mass is 14.9. The summed E-state index contributed by atoms with van der Waals surface area (Å²) in [6.07, 6.45) is 6.44. The van der Waals surface area contributed by atoms with E-state index < -0.39 is 0 Å². The summed E-state index contributed by atoms with van der Waals surface area (Å²) in [5.74, 6) is 0.574. The second kappa shape index (κ2) is 5.49. The maximum Gasteiger partial charge on any atom is 0.128 e.